The summed E-state index contributed by atoms with van der Waals surface area (Å²) in [7, 11) is 0. The summed E-state index contributed by atoms with van der Waals surface area (Å²) in [6.07, 6.45) is 2.58. The van der Waals surface area contributed by atoms with Gasteiger partial charge in [0, 0.05) is 32.6 Å². The third-order valence-corrected chi connectivity index (χ3v) is 6.38. The number of rotatable bonds is 8. The van der Waals surface area contributed by atoms with Crippen molar-refractivity contribution in [3.05, 3.63) is 107 Å². The van der Waals surface area contributed by atoms with E-state index >= 15 is 0 Å². The summed E-state index contributed by atoms with van der Waals surface area (Å²) in [5.74, 6) is 0.430. The number of hydrogen-bond acceptors (Lipinski definition) is 7. The number of aryl methyl sites for hydroxylation is 1. The molecule has 1 aromatic heterocycles. The first-order valence-corrected chi connectivity index (χ1v) is 12.7. The topological polar surface area (TPSA) is 123 Å². The average Bonchev–Trinajstić information content (AvgIpc) is 2.88. The van der Waals surface area contributed by atoms with Crippen molar-refractivity contribution in [3.8, 4) is 11.8 Å². The maximum absolute atomic E-state index is 13.3. The van der Waals surface area contributed by atoms with Crippen molar-refractivity contribution >= 4 is 54.7 Å². The Morgan fingerprint density at radius 2 is 1.97 bits per heavy atom. The van der Waals surface area contributed by atoms with Crippen molar-refractivity contribution in [1.29, 1.82) is 5.26 Å². The monoisotopic (exact) mass is 623 g/mol. The lowest BCUT2D eigenvalue weighted by molar-refractivity contribution is -0.386. The number of nitrogens with zero attached hydrogens (tertiary/aromatic N) is 5. The van der Waals surface area contributed by atoms with E-state index in [-0.39, 0.29) is 29.2 Å². The highest BCUT2D eigenvalue weighted by Gasteiger charge is 2.21. The Morgan fingerprint density at radius 3 is 2.70 bits per heavy atom. The number of nitriles is 1. The SMILES string of the molecule is CCCc1nc2ccc(Br)cc2c(=O)n1N=Cc1cc(Br)cc([N+](=O)[O-])c1OCc1ccccc1C#N. The van der Waals surface area contributed by atoms with Crippen LogP contribution in [0.15, 0.2) is 73.4 Å². The van der Waals surface area contributed by atoms with Crippen LogP contribution in [-0.4, -0.2) is 20.8 Å². The van der Waals surface area contributed by atoms with Crippen molar-refractivity contribution < 1.29 is 9.66 Å². The van der Waals surface area contributed by atoms with Crippen molar-refractivity contribution in [3.63, 3.8) is 0 Å². The van der Waals surface area contributed by atoms with Gasteiger partial charge in [0.15, 0.2) is 0 Å². The van der Waals surface area contributed by atoms with Gasteiger partial charge in [-0.3, -0.25) is 14.9 Å². The summed E-state index contributed by atoms with van der Waals surface area (Å²) in [6, 6.07) is 17.1. The molecule has 0 atom stereocenters. The average molecular weight is 625 g/mol. The summed E-state index contributed by atoms with van der Waals surface area (Å²) in [4.78, 5) is 29.2. The van der Waals surface area contributed by atoms with E-state index in [4.69, 9.17) is 4.74 Å². The molecule has 0 fully saturated rings. The number of aromatic nitrogens is 2. The van der Waals surface area contributed by atoms with E-state index in [0.29, 0.717) is 38.7 Å². The van der Waals surface area contributed by atoms with Crippen molar-refractivity contribution in [2.45, 2.75) is 26.4 Å². The van der Waals surface area contributed by atoms with Gasteiger partial charge in [0.25, 0.3) is 5.56 Å². The van der Waals surface area contributed by atoms with E-state index in [0.717, 1.165) is 10.9 Å². The second kappa shape index (κ2) is 11.5. The van der Waals surface area contributed by atoms with Crippen molar-refractivity contribution in [2.75, 3.05) is 0 Å². The van der Waals surface area contributed by atoms with E-state index in [1.54, 1.807) is 42.5 Å². The zero-order chi connectivity index (χ0) is 26.5. The summed E-state index contributed by atoms with van der Waals surface area (Å²) in [5, 5.41) is 26.0. The fraction of sp³-hybridized carbons (Fsp3) is 0.154. The van der Waals surface area contributed by atoms with E-state index in [9.17, 15) is 20.2 Å². The number of fused-ring (bicyclic) bond motifs is 1. The van der Waals surface area contributed by atoms with Crippen LogP contribution in [-0.2, 0) is 13.0 Å². The zero-order valence-corrected chi connectivity index (χ0v) is 22.7. The van der Waals surface area contributed by atoms with E-state index in [2.05, 4.69) is 48.0 Å². The summed E-state index contributed by atoms with van der Waals surface area (Å²) >= 11 is 6.69. The molecule has 186 valence electrons. The first-order valence-electron chi connectivity index (χ1n) is 11.2. The van der Waals surface area contributed by atoms with Gasteiger partial charge in [-0.2, -0.15) is 15.0 Å². The molecule has 0 saturated carbocycles. The fourth-order valence-electron chi connectivity index (χ4n) is 3.71. The van der Waals surface area contributed by atoms with Gasteiger partial charge in [-0.1, -0.05) is 57.0 Å². The molecule has 0 spiro atoms. The molecule has 0 radical (unpaired) electrons. The Hall–Kier alpha value is -3.88. The van der Waals surface area contributed by atoms with Crippen molar-refractivity contribution in [2.24, 2.45) is 5.10 Å². The Morgan fingerprint density at radius 1 is 1.19 bits per heavy atom. The number of ether oxygens (including phenoxy) is 1. The largest absolute Gasteiger partial charge is 0.481 e. The lowest BCUT2D eigenvalue weighted by atomic mass is 10.1. The Labute approximate surface area is 228 Å². The quantitative estimate of drug-likeness (QED) is 0.132. The lowest BCUT2D eigenvalue weighted by Gasteiger charge is -2.12. The van der Waals surface area contributed by atoms with Gasteiger partial charge in [0.2, 0.25) is 5.75 Å². The highest BCUT2D eigenvalue weighted by atomic mass is 79.9. The van der Waals surface area contributed by atoms with Crippen molar-refractivity contribution in [1.82, 2.24) is 9.66 Å². The standard InChI is InChI=1S/C26H19Br2N5O4/c1-2-5-24-31-22-9-8-19(27)11-21(22)26(34)32(24)30-14-18-10-20(28)12-23(33(35)36)25(18)37-15-17-7-4-3-6-16(17)13-29/h3-4,6-12,14H,2,5,15H2,1H3. The molecule has 0 saturated heterocycles. The third-order valence-electron chi connectivity index (χ3n) is 5.43. The predicted molar refractivity (Wildman–Crippen MR) is 147 cm³/mol. The van der Waals surface area contributed by atoms with Gasteiger partial charge >= 0.3 is 5.69 Å². The smallest absolute Gasteiger partial charge is 0.312 e. The molecule has 3 aromatic carbocycles. The molecule has 11 heteroatoms. The minimum absolute atomic E-state index is 0.0359. The Kier molecular flexibility index (Phi) is 8.11. The second-order valence-corrected chi connectivity index (χ2v) is 9.79. The number of hydrogen-bond donors (Lipinski definition) is 0. The van der Waals surface area contributed by atoms with Gasteiger partial charge < -0.3 is 4.74 Å². The van der Waals surface area contributed by atoms with Crippen LogP contribution in [0.25, 0.3) is 10.9 Å². The van der Waals surface area contributed by atoms with Gasteiger partial charge in [0.05, 0.1) is 33.7 Å². The number of nitro groups is 1. The maximum Gasteiger partial charge on any atom is 0.312 e. The molecule has 0 aliphatic heterocycles. The molecule has 0 amide bonds. The van der Waals surface area contributed by atoms with Crippen LogP contribution < -0.4 is 10.3 Å². The lowest BCUT2D eigenvalue weighted by Crippen LogP contribution is -2.22. The molecular formula is C26H19Br2N5O4. The van der Waals surface area contributed by atoms with E-state index < -0.39 is 4.92 Å². The molecule has 0 unspecified atom stereocenters. The normalized spacial score (nSPS) is 11.1. The van der Waals surface area contributed by atoms with Crippen LogP contribution in [0.5, 0.6) is 5.75 Å². The van der Waals surface area contributed by atoms with Crippen LogP contribution in [0.3, 0.4) is 0 Å². The summed E-state index contributed by atoms with van der Waals surface area (Å²) < 4.78 is 8.26. The minimum Gasteiger partial charge on any atom is -0.481 e. The third kappa shape index (κ3) is 5.76. The van der Waals surface area contributed by atoms with Gasteiger partial charge in [0.1, 0.15) is 12.4 Å². The first-order chi connectivity index (χ1) is 17.8. The van der Waals surface area contributed by atoms with Gasteiger partial charge in [-0.05, 0) is 36.8 Å². The van der Waals surface area contributed by atoms with Crippen LogP contribution in [0.4, 0.5) is 5.69 Å². The first kappa shape index (κ1) is 26.2. The number of nitro benzene ring substituents is 1. The fourth-order valence-corrected chi connectivity index (χ4v) is 4.54. The highest BCUT2D eigenvalue weighted by molar-refractivity contribution is 9.10. The molecular weight excluding hydrogens is 606 g/mol. The van der Waals surface area contributed by atoms with E-state index in [1.165, 1.54) is 17.0 Å². The minimum atomic E-state index is -0.558. The van der Waals surface area contributed by atoms with Crippen LogP contribution >= 0.6 is 31.9 Å². The van der Waals surface area contributed by atoms with E-state index in [1.807, 2.05) is 13.0 Å². The zero-order valence-electron chi connectivity index (χ0n) is 19.5. The van der Waals surface area contributed by atoms with Gasteiger partial charge in [-0.25, -0.2) is 4.98 Å². The molecule has 4 aromatic rings. The molecule has 4 rings (SSSR count). The molecule has 0 bridgehead atoms. The molecule has 1 heterocycles. The number of benzene rings is 3. The van der Waals surface area contributed by atoms with Crippen LogP contribution in [0.1, 0.15) is 35.9 Å². The molecule has 0 aliphatic rings. The van der Waals surface area contributed by atoms with Crippen LogP contribution in [0.2, 0.25) is 0 Å². The maximum atomic E-state index is 13.3. The van der Waals surface area contributed by atoms with Crippen LogP contribution in [0, 0.1) is 21.4 Å². The predicted octanol–water partition coefficient (Wildman–Crippen LogP) is 6.12. The number of halogens is 2. The molecule has 0 N–H and O–H groups in total. The Balaban J connectivity index is 1.82. The molecule has 37 heavy (non-hydrogen) atoms. The highest BCUT2D eigenvalue weighted by Crippen LogP contribution is 2.34. The second-order valence-electron chi connectivity index (χ2n) is 7.96. The summed E-state index contributed by atoms with van der Waals surface area (Å²) in [5.41, 5.74) is 1.17. The van der Waals surface area contributed by atoms with Gasteiger partial charge in [-0.15, -0.1) is 0 Å². The Bertz CT molecular complexity index is 1640. The summed E-state index contributed by atoms with van der Waals surface area (Å²) in [6.45, 7) is 1.90. The molecule has 0 aliphatic carbocycles. The molecule has 9 nitrogen and oxygen atoms in total.